The Morgan fingerprint density at radius 2 is 2.14 bits per heavy atom. The maximum absolute atomic E-state index is 12.4. The number of benzene rings is 1. The van der Waals surface area contributed by atoms with E-state index < -0.39 is 17.0 Å². The normalized spacial score (nSPS) is 11.4. The Bertz CT molecular complexity index is 640. The number of aromatic nitrogens is 1. The van der Waals surface area contributed by atoms with Gasteiger partial charge in [-0.3, -0.25) is 4.79 Å². The Hall–Kier alpha value is -2.09. The molecule has 21 heavy (non-hydrogen) atoms. The van der Waals surface area contributed by atoms with Crippen molar-refractivity contribution in [1.29, 1.82) is 0 Å². The van der Waals surface area contributed by atoms with Gasteiger partial charge in [-0.1, -0.05) is 23.5 Å². The van der Waals surface area contributed by atoms with Crippen LogP contribution in [0.25, 0.3) is 0 Å². The van der Waals surface area contributed by atoms with Crippen molar-refractivity contribution in [2.45, 2.75) is 12.6 Å². The number of carbonyl (C=O) groups is 1. The molecule has 0 saturated heterocycles. The minimum absolute atomic E-state index is 0.216. The molecule has 8 heteroatoms. The quantitative estimate of drug-likeness (QED) is 0.891. The molecule has 0 fully saturated rings. The number of primary amides is 1. The molecule has 0 saturated carbocycles. The smallest absolute Gasteiger partial charge is 0.366 e. The molecule has 0 atom stereocenters. The molecule has 0 spiro atoms. The van der Waals surface area contributed by atoms with Crippen LogP contribution in [-0.2, 0) is 12.6 Å². The van der Waals surface area contributed by atoms with Gasteiger partial charge in [-0.2, -0.15) is 13.2 Å². The summed E-state index contributed by atoms with van der Waals surface area (Å²) < 4.78 is 37.2. The number of thiazole rings is 1. The van der Waals surface area contributed by atoms with E-state index in [0.717, 1.165) is 11.8 Å². The lowest BCUT2D eigenvalue weighted by Gasteiger charge is -2.04. The SMILES string of the molecule is NC(=O)c1cccc(CCNc2ncc(C(F)(F)F)s2)c1. The molecular weight excluding hydrogens is 303 g/mol. The van der Waals surface area contributed by atoms with Crippen molar-refractivity contribution < 1.29 is 18.0 Å². The lowest BCUT2D eigenvalue weighted by atomic mass is 10.1. The second kappa shape index (κ2) is 6.13. The van der Waals surface area contributed by atoms with E-state index in [0.29, 0.717) is 29.9 Å². The number of nitrogens with zero attached hydrogens (tertiary/aromatic N) is 1. The molecule has 1 amide bonds. The predicted molar refractivity (Wildman–Crippen MR) is 74.3 cm³/mol. The van der Waals surface area contributed by atoms with Gasteiger partial charge in [0.25, 0.3) is 0 Å². The van der Waals surface area contributed by atoms with Crippen LogP contribution in [0.15, 0.2) is 30.5 Å². The molecule has 2 aromatic rings. The molecule has 0 bridgehead atoms. The fraction of sp³-hybridized carbons (Fsp3) is 0.231. The highest BCUT2D eigenvalue weighted by Crippen LogP contribution is 2.34. The van der Waals surface area contributed by atoms with E-state index >= 15 is 0 Å². The Morgan fingerprint density at radius 3 is 2.76 bits per heavy atom. The van der Waals surface area contributed by atoms with Crippen LogP contribution >= 0.6 is 11.3 Å². The number of rotatable bonds is 5. The maximum atomic E-state index is 12.4. The first kappa shape index (κ1) is 15.3. The molecule has 0 aliphatic heterocycles. The second-order valence-corrected chi connectivity index (χ2v) is 5.30. The first-order chi connectivity index (χ1) is 9.86. The Labute approximate surface area is 122 Å². The topological polar surface area (TPSA) is 68.0 Å². The van der Waals surface area contributed by atoms with Crippen LogP contribution in [-0.4, -0.2) is 17.4 Å². The summed E-state index contributed by atoms with van der Waals surface area (Å²) in [6.07, 6.45) is -3.02. The molecule has 4 nitrogen and oxygen atoms in total. The van der Waals surface area contributed by atoms with E-state index in [9.17, 15) is 18.0 Å². The second-order valence-electron chi connectivity index (χ2n) is 4.27. The number of hydrogen-bond donors (Lipinski definition) is 2. The van der Waals surface area contributed by atoms with Crippen LogP contribution in [0.3, 0.4) is 0 Å². The van der Waals surface area contributed by atoms with Crippen LogP contribution in [0.5, 0.6) is 0 Å². The third-order valence-electron chi connectivity index (χ3n) is 2.69. The minimum Gasteiger partial charge on any atom is -0.366 e. The average Bonchev–Trinajstić information content (AvgIpc) is 2.88. The van der Waals surface area contributed by atoms with Crippen molar-refractivity contribution in [2.24, 2.45) is 5.73 Å². The first-order valence-corrected chi connectivity index (χ1v) is 6.83. The number of hydrogen-bond acceptors (Lipinski definition) is 4. The summed E-state index contributed by atoms with van der Waals surface area (Å²) in [6.45, 7) is 0.410. The van der Waals surface area contributed by atoms with Gasteiger partial charge in [0.05, 0.1) is 6.20 Å². The van der Waals surface area contributed by atoms with Gasteiger partial charge in [-0.15, -0.1) is 0 Å². The van der Waals surface area contributed by atoms with Crippen molar-refractivity contribution >= 4 is 22.4 Å². The summed E-state index contributed by atoms with van der Waals surface area (Å²) in [5, 5.41) is 3.04. The lowest BCUT2D eigenvalue weighted by molar-refractivity contribution is -0.134. The summed E-state index contributed by atoms with van der Waals surface area (Å²) in [5.74, 6) is -0.514. The molecule has 0 radical (unpaired) electrons. The zero-order chi connectivity index (χ0) is 15.5. The molecule has 3 N–H and O–H groups in total. The summed E-state index contributed by atoms with van der Waals surface area (Å²) in [4.78, 5) is 14.0. The molecule has 1 aromatic carbocycles. The number of halogens is 3. The van der Waals surface area contributed by atoms with Gasteiger partial charge in [-0.25, -0.2) is 4.98 Å². The van der Waals surface area contributed by atoms with Crippen LogP contribution in [0.1, 0.15) is 20.8 Å². The fourth-order valence-electron chi connectivity index (χ4n) is 1.68. The molecular formula is C13H12F3N3OS. The molecule has 112 valence electrons. The summed E-state index contributed by atoms with van der Waals surface area (Å²) in [5.41, 5.74) is 6.45. The van der Waals surface area contributed by atoms with E-state index in [4.69, 9.17) is 5.73 Å². The van der Waals surface area contributed by atoms with Crippen molar-refractivity contribution in [3.8, 4) is 0 Å². The summed E-state index contributed by atoms with van der Waals surface area (Å²) in [6, 6.07) is 6.79. The van der Waals surface area contributed by atoms with Crippen molar-refractivity contribution in [2.75, 3.05) is 11.9 Å². The van der Waals surface area contributed by atoms with Crippen molar-refractivity contribution in [1.82, 2.24) is 4.98 Å². The predicted octanol–water partition coefficient (Wildman–Crippen LogP) is 2.92. The molecule has 2 rings (SSSR count). The minimum atomic E-state index is -4.37. The first-order valence-electron chi connectivity index (χ1n) is 6.02. The van der Waals surface area contributed by atoms with Crippen LogP contribution in [0.4, 0.5) is 18.3 Å². The fourth-order valence-corrected chi connectivity index (χ4v) is 2.39. The van der Waals surface area contributed by atoms with Crippen molar-refractivity contribution in [3.05, 3.63) is 46.5 Å². The van der Waals surface area contributed by atoms with Gasteiger partial charge in [-0.05, 0) is 24.1 Å². The number of alkyl halides is 3. The highest BCUT2D eigenvalue weighted by molar-refractivity contribution is 7.15. The number of nitrogens with two attached hydrogens (primary N) is 1. The maximum Gasteiger partial charge on any atom is 0.427 e. The molecule has 1 heterocycles. The molecule has 0 unspecified atom stereocenters. The van der Waals surface area contributed by atoms with Gasteiger partial charge in [0.2, 0.25) is 5.91 Å². The van der Waals surface area contributed by atoms with E-state index in [1.807, 2.05) is 6.07 Å². The Kier molecular flexibility index (Phi) is 4.46. The highest BCUT2D eigenvalue weighted by Gasteiger charge is 2.33. The van der Waals surface area contributed by atoms with Gasteiger partial charge < -0.3 is 11.1 Å². The largest absolute Gasteiger partial charge is 0.427 e. The van der Waals surface area contributed by atoms with E-state index in [2.05, 4.69) is 10.3 Å². The molecule has 0 aliphatic carbocycles. The van der Waals surface area contributed by atoms with Crippen LogP contribution in [0.2, 0.25) is 0 Å². The molecule has 0 aliphatic rings. The van der Waals surface area contributed by atoms with Gasteiger partial charge in [0.15, 0.2) is 5.13 Å². The standard InChI is InChI=1S/C13H12F3N3OS/c14-13(15,16)10-7-19-12(21-10)18-5-4-8-2-1-3-9(6-8)11(17)20/h1-3,6-7H,4-5H2,(H2,17,20)(H,18,19). The number of nitrogens with one attached hydrogen (secondary N) is 1. The van der Waals surface area contributed by atoms with E-state index in [1.54, 1.807) is 18.2 Å². The Morgan fingerprint density at radius 1 is 1.38 bits per heavy atom. The third-order valence-corrected chi connectivity index (χ3v) is 3.69. The van der Waals surface area contributed by atoms with Gasteiger partial charge in [0, 0.05) is 12.1 Å². The highest BCUT2D eigenvalue weighted by atomic mass is 32.1. The lowest BCUT2D eigenvalue weighted by Crippen LogP contribution is -2.11. The van der Waals surface area contributed by atoms with Gasteiger partial charge in [0.1, 0.15) is 4.88 Å². The summed E-state index contributed by atoms with van der Waals surface area (Å²) >= 11 is 0.562. The number of amides is 1. The van der Waals surface area contributed by atoms with Crippen LogP contribution < -0.4 is 11.1 Å². The van der Waals surface area contributed by atoms with Crippen LogP contribution in [0, 0.1) is 0 Å². The summed E-state index contributed by atoms with van der Waals surface area (Å²) in [7, 11) is 0. The number of carbonyl (C=O) groups excluding carboxylic acids is 1. The van der Waals surface area contributed by atoms with E-state index in [1.165, 1.54) is 0 Å². The van der Waals surface area contributed by atoms with Crippen molar-refractivity contribution in [3.63, 3.8) is 0 Å². The average molecular weight is 315 g/mol. The zero-order valence-electron chi connectivity index (χ0n) is 10.8. The zero-order valence-corrected chi connectivity index (χ0v) is 11.6. The Balaban J connectivity index is 1.91. The van der Waals surface area contributed by atoms with E-state index in [-0.39, 0.29) is 5.13 Å². The monoisotopic (exact) mass is 315 g/mol. The third kappa shape index (κ3) is 4.19. The number of anilines is 1. The van der Waals surface area contributed by atoms with Gasteiger partial charge >= 0.3 is 6.18 Å². The molecule has 1 aromatic heterocycles.